The fourth-order valence-electron chi connectivity index (χ4n) is 1.27. The first-order valence-electron chi connectivity index (χ1n) is 5.43. The van der Waals surface area contributed by atoms with E-state index >= 15 is 0 Å². The van der Waals surface area contributed by atoms with E-state index in [1.54, 1.807) is 18.2 Å². The summed E-state index contributed by atoms with van der Waals surface area (Å²) in [6.07, 6.45) is 0. The third-order valence-electron chi connectivity index (χ3n) is 2.39. The molecule has 0 bridgehead atoms. The van der Waals surface area contributed by atoms with Crippen LogP contribution in [-0.4, -0.2) is 0 Å². The highest BCUT2D eigenvalue weighted by Gasteiger charge is 1.94. The van der Waals surface area contributed by atoms with Crippen LogP contribution in [0.2, 0.25) is 0 Å². The summed E-state index contributed by atoms with van der Waals surface area (Å²) in [5.41, 5.74) is 13.2. The van der Waals surface area contributed by atoms with Crippen LogP contribution < -0.4 is 11.5 Å². The van der Waals surface area contributed by atoms with Crippen LogP contribution in [0.25, 0.3) is 0 Å². The van der Waals surface area contributed by atoms with Crippen LogP contribution in [0.3, 0.4) is 0 Å². The average Bonchev–Trinajstić information content (AvgIpc) is 2.30. The van der Waals surface area contributed by atoms with E-state index in [0.717, 1.165) is 11.1 Å². The van der Waals surface area contributed by atoms with Crippen molar-refractivity contribution in [2.24, 2.45) is 0 Å². The van der Waals surface area contributed by atoms with Crippen molar-refractivity contribution in [3.05, 3.63) is 59.2 Å². The summed E-state index contributed by atoms with van der Waals surface area (Å²) < 4.78 is 24.6. The van der Waals surface area contributed by atoms with Gasteiger partial charge in [0.15, 0.2) is 0 Å². The molecule has 2 aromatic carbocycles. The lowest BCUT2D eigenvalue weighted by atomic mass is 10.2. The molecule has 0 saturated carbocycles. The first-order chi connectivity index (χ1) is 8.40. The van der Waals surface area contributed by atoms with E-state index in [4.69, 9.17) is 11.5 Å². The minimum absolute atomic E-state index is 0.218. The van der Waals surface area contributed by atoms with Crippen molar-refractivity contribution in [1.82, 2.24) is 0 Å². The molecule has 0 aliphatic carbocycles. The molecule has 0 fully saturated rings. The van der Waals surface area contributed by atoms with Crippen molar-refractivity contribution in [2.75, 3.05) is 11.5 Å². The molecule has 0 spiro atoms. The van der Waals surface area contributed by atoms with E-state index in [9.17, 15) is 8.78 Å². The van der Waals surface area contributed by atoms with Gasteiger partial charge in [-0.2, -0.15) is 0 Å². The van der Waals surface area contributed by atoms with Crippen LogP contribution in [-0.2, 0) is 0 Å². The second-order valence-corrected chi connectivity index (χ2v) is 4.03. The molecule has 0 unspecified atom stereocenters. The molecule has 4 heteroatoms. The lowest BCUT2D eigenvalue weighted by molar-refractivity contribution is 0.628. The molecule has 0 aliphatic heterocycles. The number of nitrogens with two attached hydrogens (primary N) is 2. The number of nitrogen functional groups attached to an aromatic ring is 2. The number of aryl methyl sites for hydroxylation is 2. The predicted octanol–water partition coefficient (Wildman–Crippen LogP) is 3.43. The number of hydrogen-bond acceptors (Lipinski definition) is 2. The van der Waals surface area contributed by atoms with Crippen LogP contribution in [0.5, 0.6) is 0 Å². The van der Waals surface area contributed by atoms with E-state index in [0.29, 0.717) is 5.69 Å². The van der Waals surface area contributed by atoms with Crippen molar-refractivity contribution >= 4 is 11.4 Å². The Morgan fingerprint density at radius 2 is 1.50 bits per heavy atom. The molecular weight excluding hydrogens is 234 g/mol. The molecule has 4 N–H and O–H groups in total. The second kappa shape index (κ2) is 6.00. The zero-order valence-electron chi connectivity index (χ0n) is 10.4. The Morgan fingerprint density at radius 3 is 1.94 bits per heavy atom. The summed E-state index contributed by atoms with van der Waals surface area (Å²) in [6, 6.07) is 9.03. The Bertz CT molecular complexity index is 490. The SMILES string of the molecule is Cc1ccc(F)c(N)c1.Cc1ccc(F)cc1N. The standard InChI is InChI=1S/2C7H8FN/c1-5-2-3-6(8)4-7(5)9;1-5-2-3-6(8)7(9)4-5/h2*2-4H,9H2,1H3. The molecule has 96 valence electrons. The third kappa shape index (κ3) is 4.05. The number of hydrogen-bond donors (Lipinski definition) is 2. The quantitative estimate of drug-likeness (QED) is 0.704. The number of rotatable bonds is 0. The largest absolute Gasteiger partial charge is 0.398 e. The maximum atomic E-state index is 12.4. The fraction of sp³-hybridized carbons (Fsp3) is 0.143. The molecule has 2 aromatic rings. The first-order valence-corrected chi connectivity index (χ1v) is 5.43. The molecular formula is C14H16F2N2. The molecule has 0 amide bonds. The van der Waals surface area contributed by atoms with Crippen molar-refractivity contribution in [1.29, 1.82) is 0 Å². The van der Waals surface area contributed by atoms with E-state index in [1.165, 1.54) is 18.2 Å². The first kappa shape index (κ1) is 14.0. The fourth-order valence-corrected chi connectivity index (χ4v) is 1.27. The summed E-state index contributed by atoms with van der Waals surface area (Å²) in [5, 5.41) is 0. The highest BCUT2D eigenvalue weighted by atomic mass is 19.1. The normalized spacial score (nSPS) is 9.56. The van der Waals surface area contributed by atoms with Crippen LogP contribution in [0.1, 0.15) is 11.1 Å². The summed E-state index contributed by atoms with van der Waals surface area (Å²) in [4.78, 5) is 0. The lowest BCUT2D eigenvalue weighted by Gasteiger charge is -1.96. The smallest absolute Gasteiger partial charge is 0.146 e. The summed E-state index contributed by atoms with van der Waals surface area (Å²) in [6.45, 7) is 3.71. The Balaban J connectivity index is 0.000000180. The molecule has 0 heterocycles. The van der Waals surface area contributed by atoms with Crippen LogP contribution in [0, 0.1) is 25.5 Å². The van der Waals surface area contributed by atoms with Crippen molar-refractivity contribution < 1.29 is 8.78 Å². The second-order valence-electron chi connectivity index (χ2n) is 4.03. The molecule has 2 rings (SSSR count). The van der Waals surface area contributed by atoms with Gasteiger partial charge < -0.3 is 11.5 Å². The maximum absolute atomic E-state index is 12.4. The van der Waals surface area contributed by atoms with Gasteiger partial charge in [0.05, 0.1) is 5.69 Å². The lowest BCUT2D eigenvalue weighted by Crippen LogP contribution is -1.89. The minimum Gasteiger partial charge on any atom is -0.398 e. The maximum Gasteiger partial charge on any atom is 0.146 e. The average molecular weight is 250 g/mol. The van der Waals surface area contributed by atoms with E-state index < -0.39 is 0 Å². The molecule has 0 atom stereocenters. The van der Waals surface area contributed by atoms with Gasteiger partial charge in [-0.05, 0) is 49.2 Å². The Kier molecular flexibility index (Phi) is 4.66. The van der Waals surface area contributed by atoms with Gasteiger partial charge in [0, 0.05) is 5.69 Å². The van der Waals surface area contributed by atoms with Gasteiger partial charge in [-0.3, -0.25) is 0 Å². The number of anilines is 2. The molecule has 0 saturated heterocycles. The molecule has 0 aliphatic rings. The van der Waals surface area contributed by atoms with E-state index in [-0.39, 0.29) is 17.3 Å². The van der Waals surface area contributed by atoms with Gasteiger partial charge in [-0.15, -0.1) is 0 Å². The van der Waals surface area contributed by atoms with E-state index in [2.05, 4.69) is 0 Å². The van der Waals surface area contributed by atoms with E-state index in [1.807, 2.05) is 13.8 Å². The van der Waals surface area contributed by atoms with Gasteiger partial charge >= 0.3 is 0 Å². The molecule has 18 heavy (non-hydrogen) atoms. The Morgan fingerprint density at radius 1 is 0.833 bits per heavy atom. The van der Waals surface area contributed by atoms with Gasteiger partial charge in [0.2, 0.25) is 0 Å². The third-order valence-corrected chi connectivity index (χ3v) is 2.39. The highest BCUT2D eigenvalue weighted by molar-refractivity contribution is 5.45. The minimum atomic E-state index is -0.347. The number of halogens is 2. The number of benzene rings is 2. The van der Waals surface area contributed by atoms with Gasteiger partial charge in [0.25, 0.3) is 0 Å². The zero-order chi connectivity index (χ0) is 13.7. The summed E-state index contributed by atoms with van der Waals surface area (Å²) in [5.74, 6) is -0.626. The molecule has 2 nitrogen and oxygen atoms in total. The van der Waals surface area contributed by atoms with Gasteiger partial charge in [0.1, 0.15) is 11.6 Å². The van der Waals surface area contributed by atoms with Crippen molar-refractivity contribution in [3.63, 3.8) is 0 Å². The van der Waals surface area contributed by atoms with Gasteiger partial charge in [-0.25, -0.2) is 8.78 Å². The van der Waals surface area contributed by atoms with Crippen LogP contribution in [0.4, 0.5) is 20.2 Å². The van der Waals surface area contributed by atoms with Crippen LogP contribution in [0.15, 0.2) is 36.4 Å². The van der Waals surface area contributed by atoms with Crippen molar-refractivity contribution in [3.8, 4) is 0 Å². The summed E-state index contributed by atoms with van der Waals surface area (Å²) >= 11 is 0. The van der Waals surface area contributed by atoms with Gasteiger partial charge in [-0.1, -0.05) is 12.1 Å². The monoisotopic (exact) mass is 250 g/mol. The topological polar surface area (TPSA) is 52.0 Å². The van der Waals surface area contributed by atoms with Crippen molar-refractivity contribution in [2.45, 2.75) is 13.8 Å². The Hall–Kier alpha value is -2.10. The summed E-state index contributed by atoms with van der Waals surface area (Å²) in [7, 11) is 0. The van der Waals surface area contributed by atoms with Crippen LogP contribution >= 0.6 is 0 Å². The highest BCUT2D eigenvalue weighted by Crippen LogP contribution is 2.11. The molecule has 0 aromatic heterocycles. The zero-order valence-corrected chi connectivity index (χ0v) is 10.4. The molecule has 0 radical (unpaired) electrons. The Labute approximate surface area is 105 Å². The predicted molar refractivity (Wildman–Crippen MR) is 71.1 cm³/mol.